The minimum absolute atomic E-state index is 0.0402. The van der Waals surface area contributed by atoms with Crippen molar-refractivity contribution in [2.75, 3.05) is 11.2 Å². The largest absolute Gasteiger partial charge is 0.392 e. The third-order valence-electron chi connectivity index (χ3n) is 5.97. The second-order valence-electron chi connectivity index (χ2n) is 9.11. The van der Waals surface area contributed by atoms with E-state index in [0.717, 1.165) is 6.26 Å². The van der Waals surface area contributed by atoms with Gasteiger partial charge in [-0.05, 0) is 60.9 Å². The lowest BCUT2D eigenvalue weighted by atomic mass is 10.0. The lowest BCUT2D eigenvalue weighted by molar-refractivity contribution is 0.112. The van der Waals surface area contributed by atoms with Gasteiger partial charge in [0, 0.05) is 18.0 Å². The summed E-state index contributed by atoms with van der Waals surface area (Å²) in [5.41, 5.74) is 1.48. The van der Waals surface area contributed by atoms with Crippen LogP contribution in [0.2, 0.25) is 10.0 Å². The highest BCUT2D eigenvalue weighted by Gasteiger charge is 2.36. The standard InChI is InChI=1S/C26H25Cl2FN2O4S/c1-26(2,33)23-13-31(25(30-23)24-18(27)5-4-6-20(24)29)21-10-9-15(11-19(21)28)16-7-8-17(14-32)22(12-16)36(3,34)35/h4-13,25,30,32-33H,14H2,1-3H3. The summed E-state index contributed by atoms with van der Waals surface area (Å²) in [5, 5.41) is 23.8. The first-order valence-electron chi connectivity index (χ1n) is 11.0. The van der Waals surface area contributed by atoms with Gasteiger partial charge in [0.2, 0.25) is 0 Å². The zero-order valence-corrected chi connectivity index (χ0v) is 22.1. The Bertz CT molecular complexity index is 1450. The number of rotatable bonds is 6. The topological polar surface area (TPSA) is 89.9 Å². The lowest BCUT2D eigenvalue weighted by Crippen LogP contribution is -2.34. The highest BCUT2D eigenvalue weighted by molar-refractivity contribution is 7.90. The molecule has 1 atom stereocenters. The van der Waals surface area contributed by atoms with Gasteiger partial charge in [-0.3, -0.25) is 0 Å². The van der Waals surface area contributed by atoms with Gasteiger partial charge in [0.25, 0.3) is 0 Å². The van der Waals surface area contributed by atoms with Crippen molar-refractivity contribution in [3.8, 4) is 11.1 Å². The van der Waals surface area contributed by atoms with E-state index in [1.807, 2.05) is 0 Å². The van der Waals surface area contributed by atoms with Crippen LogP contribution in [-0.4, -0.2) is 30.5 Å². The van der Waals surface area contributed by atoms with Gasteiger partial charge in [0.05, 0.1) is 38.5 Å². The molecule has 0 aromatic heterocycles. The number of nitrogens with zero attached hydrogens (tertiary/aromatic N) is 1. The van der Waals surface area contributed by atoms with E-state index in [0.29, 0.717) is 33.1 Å². The molecular weight excluding hydrogens is 526 g/mol. The van der Waals surface area contributed by atoms with Crippen LogP contribution in [0.5, 0.6) is 0 Å². The predicted molar refractivity (Wildman–Crippen MR) is 140 cm³/mol. The Morgan fingerprint density at radius 1 is 1.06 bits per heavy atom. The number of sulfone groups is 1. The molecular formula is C26H25Cl2FN2O4S. The first-order chi connectivity index (χ1) is 16.8. The fourth-order valence-electron chi connectivity index (χ4n) is 4.10. The number of aliphatic hydroxyl groups excluding tert-OH is 1. The first-order valence-corrected chi connectivity index (χ1v) is 13.6. The molecule has 4 rings (SSSR count). The van der Waals surface area contributed by atoms with E-state index in [9.17, 15) is 23.0 Å². The maximum absolute atomic E-state index is 14.9. The van der Waals surface area contributed by atoms with Crippen molar-refractivity contribution in [2.24, 2.45) is 0 Å². The third kappa shape index (κ3) is 5.10. The van der Waals surface area contributed by atoms with E-state index in [1.165, 1.54) is 18.2 Å². The molecule has 10 heteroatoms. The van der Waals surface area contributed by atoms with Crippen molar-refractivity contribution in [3.63, 3.8) is 0 Å². The van der Waals surface area contributed by atoms with Gasteiger partial charge in [-0.15, -0.1) is 0 Å². The minimum Gasteiger partial charge on any atom is -0.392 e. The molecule has 0 aliphatic carbocycles. The highest BCUT2D eigenvalue weighted by atomic mass is 35.5. The van der Waals surface area contributed by atoms with E-state index in [2.05, 4.69) is 5.32 Å². The van der Waals surface area contributed by atoms with E-state index in [-0.39, 0.29) is 15.5 Å². The Balaban J connectivity index is 1.80. The monoisotopic (exact) mass is 550 g/mol. The fraction of sp³-hybridized carbons (Fsp3) is 0.231. The molecule has 0 radical (unpaired) electrons. The molecule has 190 valence electrons. The van der Waals surface area contributed by atoms with Crippen molar-refractivity contribution in [1.29, 1.82) is 0 Å². The molecule has 1 heterocycles. The van der Waals surface area contributed by atoms with Crippen LogP contribution in [-0.2, 0) is 16.4 Å². The summed E-state index contributed by atoms with van der Waals surface area (Å²) in [4.78, 5) is 1.74. The molecule has 1 aliphatic heterocycles. The highest BCUT2D eigenvalue weighted by Crippen LogP contribution is 2.42. The molecule has 3 aromatic rings. The zero-order valence-electron chi connectivity index (χ0n) is 19.8. The van der Waals surface area contributed by atoms with Crippen LogP contribution in [0.1, 0.15) is 31.1 Å². The van der Waals surface area contributed by atoms with Gasteiger partial charge >= 0.3 is 0 Å². The Morgan fingerprint density at radius 3 is 2.31 bits per heavy atom. The molecule has 1 unspecified atom stereocenters. The van der Waals surface area contributed by atoms with E-state index >= 15 is 0 Å². The van der Waals surface area contributed by atoms with Crippen LogP contribution in [0.25, 0.3) is 11.1 Å². The van der Waals surface area contributed by atoms with E-state index < -0.39 is 34.0 Å². The lowest BCUT2D eigenvalue weighted by Gasteiger charge is -2.28. The number of hydrogen-bond donors (Lipinski definition) is 3. The molecule has 6 nitrogen and oxygen atoms in total. The Morgan fingerprint density at radius 2 is 1.72 bits per heavy atom. The molecule has 0 saturated heterocycles. The normalized spacial score (nSPS) is 16.2. The first kappa shape index (κ1) is 26.4. The zero-order chi connectivity index (χ0) is 26.4. The van der Waals surface area contributed by atoms with Crippen molar-refractivity contribution >= 4 is 38.7 Å². The summed E-state index contributed by atoms with van der Waals surface area (Å²) in [6.07, 6.45) is 1.97. The van der Waals surface area contributed by atoms with Gasteiger partial charge in [-0.25, -0.2) is 12.8 Å². The minimum atomic E-state index is -3.56. The summed E-state index contributed by atoms with van der Waals surface area (Å²) in [6, 6.07) is 14.3. The molecule has 0 spiro atoms. The van der Waals surface area contributed by atoms with Crippen LogP contribution in [0, 0.1) is 5.82 Å². The van der Waals surface area contributed by atoms with Crippen LogP contribution >= 0.6 is 23.2 Å². The van der Waals surface area contributed by atoms with Crippen LogP contribution in [0.3, 0.4) is 0 Å². The fourth-order valence-corrected chi connectivity index (χ4v) is 5.59. The summed E-state index contributed by atoms with van der Waals surface area (Å²) in [6.45, 7) is 2.81. The second kappa shape index (κ2) is 9.68. The predicted octanol–water partition coefficient (Wildman–Crippen LogP) is 5.42. The molecule has 0 fully saturated rings. The maximum atomic E-state index is 14.9. The maximum Gasteiger partial charge on any atom is 0.175 e. The van der Waals surface area contributed by atoms with Gasteiger partial charge in [0.1, 0.15) is 12.0 Å². The van der Waals surface area contributed by atoms with Gasteiger partial charge in [-0.1, -0.05) is 47.5 Å². The molecule has 3 aromatic carbocycles. The summed E-state index contributed by atoms with van der Waals surface area (Å²) < 4.78 is 39.3. The average Bonchev–Trinajstić information content (AvgIpc) is 3.23. The average molecular weight is 551 g/mol. The smallest absolute Gasteiger partial charge is 0.175 e. The Labute approximate surface area is 219 Å². The number of halogens is 3. The summed E-state index contributed by atoms with van der Waals surface area (Å²) in [7, 11) is -3.56. The van der Waals surface area contributed by atoms with Crippen molar-refractivity contribution in [3.05, 3.63) is 93.5 Å². The SMILES string of the molecule is CC(C)(O)C1=CN(c2ccc(-c3ccc(CO)c(S(C)(=O)=O)c3)cc2Cl)C(c2c(F)cccc2Cl)N1. The molecule has 36 heavy (non-hydrogen) atoms. The number of anilines is 1. The van der Waals surface area contributed by atoms with Crippen molar-refractivity contribution < 1.29 is 23.0 Å². The molecule has 0 bridgehead atoms. The third-order valence-corrected chi connectivity index (χ3v) is 7.78. The van der Waals surface area contributed by atoms with Gasteiger partial charge in [0.15, 0.2) is 9.84 Å². The quantitative estimate of drug-likeness (QED) is 0.380. The molecule has 0 saturated carbocycles. The second-order valence-corrected chi connectivity index (χ2v) is 11.9. The van der Waals surface area contributed by atoms with Crippen LogP contribution in [0.4, 0.5) is 10.1 Å². The van der Waals surface area contributed by atoms with E-state index in [4.69, 9.17) is 23.2 Å². The summed E-state index contributed by atoms with van der Waals surface area (Å²) in [5.74, 6) is -0.514. The molecule has 1 aliphatic rings. The molecule has 0 amide bonds. The van der Waals surface area contributed by atoms with Gasteiger partial charge in [-0.2, -0.15) is 0 Å². The van der Waals surface area contributed by atoms with Crippen LogP contribution in [0.15, 0.2) is 71.4 Å². The van der Waals surface area contributed by atoms with E-state index in [1.54, 1.807) is 61.3 Å². The Hall–Kier alpha value is -2.62. The summed E-state index contributed by atoms with van der Waals surface area (Å²) >= 11 is 13.0. The number of benzene rings is 3. The van der Waals surface area contributed by atoms with Crippen LogP contribution < -0.4 is 10.2 Å². The Kier molecular flexibility index (Phi) is 7.11. The van der Waals surface area contributed by atoms with Crippen molar-refractivity contribution in [2.45, 2.75) is 37.1 Å². The van der Waals surface area contributed by atoms with Crippen molar-refractivity contribution in [1.82, 2.24) is 5.32 Å². The van der Waals surface area contributed by atoms with Gasteiger partial charge < -0.3 is 20.4 Å². The number of nitrogens with one attached hydrogen (secondary N) is 1. The number of hydrogen-bond acceptors (Lipinski definition) is 6. The number of aliphatic hydroxyl groups is 2. The molecule has 3 N–H and O–H groups in total.